The molecule has 4 nitrogen and oxygen atoms in total. The Hall–Kier alpha value is -1.23. The number of hydrogen-bond donors (Lipinski definition) is 1. The van der Waals surface area contributed by atoms with Crippen molar-refractivity contribution in [1.29, 1.82) is 0 Å². The Bertz CT molecular complexity index is 307. The second-order valence-electron chi connectivity index (χ2n) is 4.03. The molecule has 0 amide bonds. The van der Waals surface area contributed by atoms with Crippen molar-refractivity contribution in [2.24, 2.45) is 0 Å². The number of rotatable bonds is 4. The van der Waals surface area contributed by atoms with Gasteiger partial charge in [-0.1, -0.05) is 0 Å². The Morgan fingerprint density at radius 2 is 1.93 bits per heavy atom. The highest BCUT2D eigenvalue weighted by atomic mass is 19.1. The Balaban J connectivity index is 2.79. The van der Waals surface area contributed by atoms with Crippen LogP contribution in [0, 0.1) is 5.82 Å². The summed E-state index contributed by atoms with van der Waals surface area (Å²) >= 11 is 0. The smallest absolute Gasteiger partial charge is 0.225 e. The van der Waals surface area contributed by atoms with Gasteiger partial charge in [0, 0.05) is 13.1 Å². The average molecular weight is 213 g/mol. The Kier molecular flexibility index (Phi) is 3.57. The van der Waals surface area contributed by atoms with Crippen molar-refractivity contribution >= 4 is 5.95 Å². The van der Waals surface area contributed by atoms with E-state index in [0.29, 0.717) is 19.0 Å². The van der Waals surface area contributed by atoms with Crippen molar-refractivity contribution in [3.05, 3.63) is 18.2 Å². The lowest BCUT2D eigenvalue weighted by atomic mass is 10.1. The minimum absolute atomic E-state index is 0.412. The molecule has 0 radical (unpaired) electrons. The highest BCUT2D eigenvalue weighted by Gasteiger charge is 2.18. The molecule has 0 bridgehead atoms. The third-order valence-electron chi connectivity index (χ3n) is 1.85. The first-order chi connectivity index (χ1) is 6.92. The first kappa shape index (κ1) is 11.8. The normalized spacial score (nSPS) is 11.5. The van der Waals surface area contributed by atoms with Crippen LogP contribution in [-0.4, -0.2) is 33.8 Å². The molecule has 0 spiro atoms. The number of aromatic nitrogens is 2. The molecule has 0 unspecified atom stereocenters. The van der Waals surface area contributed by atoms with Gasteiger partial charge in [-0.3, -0.25) is 0 Å². The molecule has 84 valence electrons. The van der Waals surface area contributed by atoms with Crippen LogP contribution in [0.3, 0.4) is 0 Å². The van der Waals surface area contributed by atoms with E-state index in [1.54, 1.807) is 18.7 Å². The quantitative estimate of drug-likeness (QED) is 0.816. The van der Waals surface area contributed by atoms with Gasteiger partial charge in [0.2, 0.25) is 5.95 Å². The van der Waals surface area contributed by atoms with Crippen LogP contribution in [0.4, 0.5) is 10.3 Å². The van der Waals surface area contributed by atoms with Crippen molar-refractivity contribution in [2.75, 3.05) is 18.0 Å². The second kappa shape index (κ2) is 4.53. The third-order valence-corrected chi connectivity index (χ3v) is 1.85. The van der Waals surface area contributed by atoms with E-state index in [0.717, 1.165) is 12.4 Å². The Morgan fingerprint density at radius 3 is 2.33 bits per heavy atom. The first-order valence-electron chi connectivity index (χ1n) is 4.87. The molecular formula is C10H16FN3O. The van der Waals surface area contributed by atoms with Gasteiger partial charge in [-0.25, -0.2) is 14.4 Å². The van der Waals surface area contributed by atoms with Crippen molar-refractivity contribution in [3.63, 3.8) is 0 Å². The number of halogens is 1. The molecule has 15 heavy (non-hydrogen) atoms. The largest absolute Gasteiger partial charge is 0.389 e. The predicted molar refractivity (Wildman–Crippen MR) is 56.2 cm³/mol. The van der Waals surface area contributed by atoms with Crippen molar-refractivity contribution in [3.8, 4) is 0 Å². The highest BCUT2D eigenvalue weighted by molar-refractivity contribution is 5.28. The van der Waals surface area contributed by atoms with E-state index in [4.69, 9.17) is 0 Å². The number of hydrogen-bond acceptors (Lipinski definition) is 4. The summed E-state index contributed by atoms with van der Waals surface area (Å²) in [5.41, 5.74) is -0.826. The molecule has 1 aromatic rings. The standard InChI is InChI=1S/C10H16FN3O/c1-4-14(7-10(2,3)15)9-12-5-8(11)6-13-9/h5-6,15H,4,7H2,1-3H3. The van der Waals surface area contributed by atoms with E-state index in [1.807, 2.05) is 6.92 Å². The topological polar surface area (TPSA) is 49.2 Å². The van der Waals surface area contributed by atoms with E-state index >= 15 is 0 Å². The zero-order valence-electron chi connectivity index (χ0n) is 9.24. The summed E-state index contributed by atoms with van der Waals surface area (Å²) in [6.45, 7) is 6.42. The van der Waals surface area contributed by atoms with Gasteiger partial charge in [0.1, 0.15) is 0 Å². The summed E-state index contributed by atoms with van der Waals surface area (Å²) in [5.74, 6) is -0.0286. The van der Waals surface area contributed by atoms with Gasteiger partial charge in [-0.05, 0) is 20.8 Å². The molecule has 0 aliphatic rings. The molecule has 0 saturated heterocycles. The molecule has 1 N–H and O–H groups in total. The SMILES string of the molecule is CCN(CC(C)(C)O)c1ncc(F)cn1. The number of nitrogens with zero attached hydrogens (tertiary/aromatic N) is 3. The lowest BCUT2D eigenvalue weighted by Gasteiger charge is -2.27. The van der Waals surface area contributed by atoms with E-state index in [-0.39, 0.29) is 0 Å². The van der Waals surface area contributed by atoms with Crippen LogP contribution in [0.25, 0.3) is 0 Å². The molecule has 5 heteroatoms. The number of anilines is 1. The van der Waals surface area contributed by atoms with Crippen LogP contribution in [0.5, 0.6) is 0 Å². The van der Waals surface area contributed by atoms with Crippen molar-refractivity contribution < 1.29 is 9.50 Å². The summed E-state index contributed by atoms with van der Waals surface area (Å²) in [4.78, 5) is 9.52. The minimum atomic E-state index is -0.826. The van der Waals surface area contributed by atoms with Gasteiger partial charge < -0.3 is 10.0 Å². The summed E-state index contributed by atoms with van der Waals surface area (Å²) in [5, 5.41) is 9.66. The van der Waals surface area contributed by atoms with Gasteiger partial charge in [0.25, 0.3) is 0 Å². The zero-order valence-corrected chi connectivity index (χ0v) is 9.24. The van der Waals surface area contributed by atoms with E-state index in [2.05, 4.69) is 9.97 Å². The average Bonchev–Trinajstić information content (AvgIpc) is 2.14. The summed E-state index contributed by atoms with van der Waals surface area (Å²) < 4.78 is 12.6. The molecule has 1 heterocycles. The second-order valence-corrected chi connectivity index (χ2v) is 4.03. The fraction of sp³-hybridized carbons (Fsp3) is 0.600. The molecule has 1 rings (SSSR count). The molecule has 0 fully saturated rings. The fourth-order valence-electron chi connectivity index (χ4n) is 1.26. The molecule has 0 atom stereocenters. The van der Waals surface area contributed by atoms with E-state index in [9.17, 15) is 9.50 Å². The van der Waals surface area contributed by atoms with Gasteiger partial charge in [-0.15, -0.1) is 0 Å². The van der Waals surface area contributed by atoms with Gasteiger partial charge >= 0.3 is 0 Å². The number of aliphatic hydroxyl groups is 1. The Morgan fingerprint density at radius 1 is 1.40 bits per heavy atom. The summed E-state index contributed by atoms with van der Waals surface area (Å²) in [6.07, 6.45) is 2.24. The minimum Gasteiger partial charge on any atom is -0.389 e. The maximum atomic E-state index is 12.6. The zero-order chi connectivity index (χ0) is 11.5. The molecule has 1 aromatic heterocycles. The molecule has 0 saturated carbocycles. The monoisotopic (exact) mass is 213 g/mol. The van der Waals surface area contributed by atoms with Gasteiger partial charge in [0.15, 0.2) is 5.82 Å². The summed E-state index contributed by atoms with van der Waals surface area (Å²) in [6, 6.07) is 0. The fourth-order valence-corrected chi connectivity index (χ4v) is 1.26. The van der Waals surface area contributed by atoms with Crippen molar-refractivity contribution in [2.45, 2.75) is 26.4 Å². The van der Waals surface area contributed by atoms with Crippen LogP contribution >= 0.6 is 0 Å². The van der Waals surface area contributed by atoms with Crippen LogP contribution in [0.1, 0.15) is 20.8 Å². The summed E-state index contributed by atoms with van der Waals surface area (Å²) in [7, 11) is 0. The predicted octanol–water partition coefficient (Wildman–Crippen LogP) is 1.21. The first-order valence-corrected chi connectivity index (χ1v) is 4.87. The highest BCUT2D eigenvalue weighted by Crippen LogP contribution is 2.11. The lowest BCUT2D eigenvalue weighted by molar-refractivity contribution is 0.0872. The molecule has 0 aliphatic heterocycles. The van der Waals surface area contributed by atoms with Gasteiger partial charge in [-0.2, -0.15) is 0 Å². The maximum Gasteiger partial charge on any atom is 0.225 e. The van der Waals surface area contributed by atoms with Crippen LogP contribution in [0.15, 0.2) is 12.4 Å². The Labute approximate surface area is 88.8 Å². The van der Waals surface area contributed by atoms with Crippen molar-refractivity contribution in [1.82, 2.24) is 9.97 Å². The lowest BCUT2D eigenvalue weighted by Crippen LogP contribution is -2.39. The number of likely N-dealkylation sites (N-methyl/N-ethyl adjacent to an activating group) is 1. The van der Waals surface area contributed by atoms with Crippen LogP contribution < -0.4 is 4.90 Å². The third kappa shape index (κ3) is 3.79. The molecule has 0 aromatic carbocycles. The van der Waals surface area contributed by atoms with E-state index < -0.39 is 11.4 Å². The van der Waals surface area contributed by atoms with Crippen LogP contribution in [0.2, 0.25) is 0 Å². The molecule has 0 aliphatic carbocycles. The van der Waals surface area contributed by atoms with E-state index in [1.165, 1.54) is 0 Å². The van der Waals surface area contributed by atoms with Gasteiger partial charge in [0.05, 0.1) is 18.0 Å². The maximum absolute atomic E-state index is 12.6. The van der Waals surface area contributed by atoms with Crippen LogP contribution in [-0.2, 0) is 0 Å². The molecular weight excluding hydrogens is 197 g/mol.